The molecule has 0 aliphatic carbocycles. The maximum Gasteiger partial charge on any atom is 0.326 e. The zero-order valence-corrected chi connectivity index (χ0v) is 20.9. The number of rotatable bonds is 20. The highest BCUT2D eigenvalue weighted by molar-refractivity contribution is 5.95. The fraction of sp³-hybridized carbons (Fsp3) is 0.667. The molecule has 4 unspecified atom stereocenters. The van der Waals surface area contributed by atoms with Crippen molar-refractivity contribution in [1.29, 1.82) is 0 Å². The standard InChI is InChI=1S/C21H38N8O9/c22-8-2-1-4-11(23)17(34)29-14(10-16(32)33)19(36)27-12(6-7-15(30)31)18(35)28-13(20(37)38)5-3-9-26-21(24)25/h11-14H,1-10,22-23H2,(H,27,36)(H,28,35)(H,29,34)(H,30,31)(H,32,33)(H,37,38)(H4,24,25,26). The molecule has 0 aromatic rings. The Bertz CT molecular complexity index is 864. The van der Waals surface area contributed by atoms with Crippen molar-refractivity contribution in [2.24, 2.45) is 27.9 Å². The summed E-state index contributed by atoms with van der Waals surface area (Å²) in [6.45, 7) is 0.475. The number of carboxylic acids is 3. The van der Waals surface area contributed by atoms with Gasteiger partial charge in [0.15, 0.2) is 5.96 Å². The molecule has 17 heteroatoms. The van der Waals surface area contributed by atoms with Gasteiger partial charge in [-0.1, -0.05) is 6.42 Å². The maximum atomic E-state index is 12.8. The molecule has 4 atom stereocenters. The topological polar surface area (TPSA) is 316 Å². The number of unbranched alkanes of at least 4 members (excludes halogenated alkanes) is 1. The van der Waals surface area contributed by atoms with E-state index in [4.69, 9.17) is 28.0 Å². The Morgan fingerprint density at radius 2 is 1.29 bits per heavy atom. The highest BCUT2D eigenvalue weighted by Crippen LogP contribution is 2.06. The van der Waals surface area contributed by atoms with Crippen molar-refractivity contribution in [2.45, 2.75) is 75.5 Å². The van der Waals surface area contributed by atoms with Crippen LogP contribution in [0.4, 0.5) is 0 Å². The second kappa shape index (κ2) is 18.3. The van der Waals surface area contributed by atoms with Gasteiger partial charge >= 0.3 is 17.9 Å². The van der Waals surface area contributed by atoms with Crippen molar-refractivity contribution in [2.75, 3.05) is 13.1 Å². The molecule has 0 bridgehead atoms. The largest absolute Gasteiger partial charge is 0.481 e. The lowest BCUT2D eigenvalue weighted by atomic mass is 10.1. The van der Waals surface area contributed by atoms with E-state index in [2.05, 4.69) is 20.9 Å². The van der Waals surface area contributed by atoms with E-state index in [0.717, 1.165) is 0 Å². The van der Waals surface area contributed by atoms with E-state index in [1.165, 1.54) is 0 Å². The Labute approximate surface area is 218 Å². The average molecular weight is 547 g/mol. The molecule has 0 saturated carbocycles. The third-order valence-electron chi connectivity index (χ3n) is 5.16. The van der Waals surface area contributed by atoms with Gasteiger partial charge in [0, 0.05) is 13.0 Å². The van der Waals surface area contributed by atoms with E-state index in [1.54, 1.807) is 0 Å². The second-order valence-electron chi connectivity index (χ2n) is 8.39. The zero-order valence-electron chi connectivity index (χ0n) is 20.9. The van der Waals surface area contributed by atoms with Gasteiger partial charge in [0.1, 0.15) is 18.1 Å². The first kappa shape index (κ1) is 34.0. The van der Waals surface area contributed by atoms with Gasteiger partial charge in [-0.2, -0.15) is 0 Å². The normalized spacial score (nSPS) is 13.7. The quantitative estimate of drug-likeness (QED) is 0.0401. The molecule has 0 fully saturated rings. The molecule has 17 nitrogen and oxygen atoms in total. The molecular formula is C21H38N8O9. The molecule has 38 heavy (non-hydrogen) atoms. The van der Waals surface area contributed by atoms with E-state index >= 15 is 0 Å². The van der Waals surface area contributed by atoms with E-state index < -0.39 is 79.1 Å². The van der Waals surface area contributed by atoms with E-state index in [-0.39, 0.29) is 31.8 Å². The van der Waals surface area contributed by atoms with Crippen LogP contribution in [0.3, 0.4) is 0 Å². The number of nitrogens with zero attached hydrogens (tertiary/aromatic N) is 1. The van der Waals surface area contributed by atoms with Crippen LogP contribution in [0.1, 0.15) is 51.4 Å². The van der Waals surface area contributed by atoms with E-state index in [0.29, 0.717) is 19.4 Å². The van der Waals surface area contributed by atoms with Crippen molar-refractivity contribution in [1.82, 2.24) is 16.0 Å². The van der Waals surface area contributed by atoms with Gasteiger partial charge in [-0.25, -0.2) is 4.79 Å². The smallest absolute Gasteiger partial charge is 0.326 e. The third kappa shape index (κ3) is 15.2. The van der Waals surface area contributed by atoms with Gasteiger partial charge in [0.05, 0.1) is 12.5 Å². The van der Waals surface area contributed by atoms with Crippen molar-refractivity contribution < 1.29 is 44.1 Å². The first-order valence-electron chi connectivity index (χ1n) is 11.9. The van der Waals surface area contributed by atoms with Crippen molar-refractivity contribution in [3.63, 3.8) is 0 Å². The Hall–Kier alpha value is -3.99. The van der Waals surface area contributed by atoms with E-state index in [1.807, 2.05) is 0 Å². The van der Waals surface area contributed by atoms with Crippen LogP contribution in [0.2, 0.25) is 0 Å². The number of hydrogen-bond donors (Lipinski definition) is 10. The lowest BCUT2D eigenvalue weighted by molar-refractivity contribution is -0.143. The molecule has 0 aromatic heterocycles. The SMILES string of the molecule is NCCCCC(N)C(=O)NC(CC(=O)O)C(=O)NC(CCC(=O)O)C(=O)NC(CCCN=C(N)N)C(=O)O. The molecular weight excluding hydrogens is 508 g/mol. The Kier molecular flexibility index (Phi) is 16.4. The summed E-state index contributed by atoms with van der Waals surface area (Å²) >= 11 is 0. The number of aliphatic imine (C=N–C) groups is 1. The van der Waals surface area contributed by atoms with Gasteiger partial charge in [0.2, 0.25) is 17.7 Å². The lowest BCUT2D eigenvalue weighted by Crippen LogP contribution is -2.57. The number of guanidine groups is 1. The van der Waals surface area contributed by atoms with Gasteiger partial charge in [-0.05, 0) is 38.6 Å². The number of nitrogens with two attached hydrogens (primary N) is 4. The molecule has 0 rings (SSSR count). The summed E-state index contributed by atoms with van der Waals surface area (Å²) in [6.07, 6.45) is -0.434. The Morgan fingerprint density at radius 1 is 0.711 bits per heavy atom. The number of aliphatic carboxylic acids is 3. The minimum atomic E-state index is -1.64. The second-order valence-corrected chi connectivity index (χ2v) is 8.39. The van der Waals surface area contributed by atoms with Crippen LogP contribution in [0.15, 0.2) is 4.99 Å². The zero-order chi connectivity index (χ0) is 29.3. The number of nitrogens with one attached hydrogen (secondary N) is 3. The molecule has 0 aromatic carbocycles. The molecule has 216 valence electrons. The highest BCUT2D eigenvalue weighted by Gasteiger charge is 2.31. The molecule has 0 radical (unpaired) electrons. The summed E-state index contributed by atoms with van der Waals surface area (Å²) in [5.41, 5.74) is 21.6. The minimum absolute atomic E-state index is 0.0861. The predicted molar refractivity (Wildman–Crippen MR) is 133 cm³/mol. The highest BCUT2D eigenvalue weighted by atomic mass is 16.4. The summed E-state index contributed by atoms with van der Waals surface area (Å²) in [6, 6.07) is -5.66. The fourth-order valence-corrected chi connectivity index (χ4v) is 3.14. The monoisotopic (exact) mass is 546 g/mol. The molecule has 0 aliphatic heterocycles. The van der Waals surface area contributed by atoms with Crippen LogP contribution in [-0.4, -0.2) is 94.2 Å². The van der Waals surface area contributed by atoms with Crippen LogP contribution >= 0.6 is 0 Å². The summed E-state index contributed by atoms with van der Waals surface area (Å²) in [7, 11) is 0. The maximum absolute atomic E-state index is 12.8. The van der Waals surface area contributed by atoms with Crippen LogP contribution in [0.5, 0.6) is 0 Å². The summed E-state index contributed by atoms with van der Waals surface area (Å²) in [5, 5.41) is 34.2. The molecule has 0 heterocycles. The van der Waals surface area contributed by atoms with Crippen molar-refractivity contribution >= 4 is 41.6 Å². The van der Waals surface area contributed by atoms with Crippen molar-refractivity contribution in [3.8, 4) is 0 Å². The van der Waals surface area contributed by atoms with Gasteiger partial charge in [0.25, 0.3) is 0 Å². The van der Waals surface area contributed by atoms with Gasteiger partial charge in [-0.3, -0.25) is 29.0 Å². The Morgan fingerprint density at radius 3 is 1.82 bits per heavy atom. The third-order valence-corrected chi connectivity index (χ3v) is 5.16. The summed E-state index contributed by atoms with van der Waals surface area (Å²) < 4.78 is 0. The molecule has 0 spiro atoms. The molecule has 3 amide bonds. The number of hydrogen-bond acceptors (Lipinski definition) is 9. The fourth-order valence-electron chi connectivity index (χ4n) is 3.14. The molecule has 0 aliphatic rings. The number of carbonyl (C=O) groups is 6. The average Bonchev–Trinajstić information content (AvgIpc) is 2.82. The van der Waals surface area contributed by atoms with Gasteiger partial charge < -0.3 is 54.2 Å². The number of carbonyl (C=O) groups excluding carboxylic acids is 3. The number of amides is 3. The summed E-state index contributed by atoms with van der Waals surface area (Å²) in [4.78, 5) is 75.6. The first-order chi connectivity index (χ1) is 17.8. The predicted octanol–water partition coefficient (Wildman–Crippen LogP) is -3.63. The Balaban J connectivity index is 5.51. The van der Waals surface area contributed by atoms with Crippen LogP contribution in [0, 0.1) is 0 Å². The summed E-state index contributed by atoms with van der Waals surface area (Å²) in [5.74, 6) is -7.26. The first-order valence-corrected chi connectivity index (χ1v) is 11.9. The van der Waals surface area contributed by atoms with E-state index in [9.17, 15) is 39.0 Å². The van der Waals surface area contributed by atoms with Crippen LogP contribution < -0.4 is 38.9 Å². The molecule has 14 N–H and O–H groups in total. The lowest BCUT2D eigenvalue weighted by Gasteiger charge is -2.24. The van der Waals surface area contributed by atoms with Crippen LogP contribution in [0.25, 0.3) is 0 Å². The minimum Gasteiger partial charge on any atom is -0.481 e. The van der Waals surface area contributed by atoms with Crippen LogP contribution in [-0.2, 0) is 28.8 Å². The number of carboxylic acid groups (broad SMARTS) is 3. The van der Waals surface area contributed by atoms with Gasteiger partial charge in [-0.15, -0.1) is 0 Å². The molecule has 0 saturated heterocycles. The van der Waals surface area contributed by atoms with Crippen molar-refractivity contribution in [3.05, 3.63) is 0 Å².